The molecule has 0 heterocycles. The fourth-order valence-corrected chi connectivity index (χ4v) is 1.09. The zero-order valence-electron chi connectivity index (χ0n) is 8.74. The van der Waals surface area contributed by atoms with Crippen LogP contribution in [0.1, 0.15) is 13.3 Å². The van der Waals surface area contributed by atoms with Gasteiger partial charge in [-0.1, -0.05) is 6.92 Å². The van der Waals surface area contributed by atoms with Gasteiger partial charge in [-0.25, -0.2) is 4.99 Å². The molecule has 0 aliphatic heterocycles. The molecule has 0 radical (unpaired) electrons. The largest absolute Gasteiger partial charge is 0.494 e. The molecule has 0 aromatic heterocycles. The van der Waals surface area contributed by atoms with Crippen molar-refractivity contribution in [1.82, 2.24) is 0 Å². The van der Waals surface area contributed by atoms with Gasteiger partial charge in [0, 0.05) is 0 Å². The summed E-state index contributed by atoms with van der Waals surface area (Å²) in [6, 6.07) is 7.45. The summed E-state index contributed by atoms with van der Waals surface area (Å²) >= 11 is 5.52. The van der Waals surface area contributed by atoms with Crippen molar-refractivity contribution in [2.75, 3.05) is 12.5 Å². The van der Waals surface area contributed by atoms with Crippen LogP contribution in [0.25, 0.3) is 0 Å². The van der Waals surface area contributed by atoms with E-state index in [-0.39, 0.29) is 5.88 Å². The Labute approximate surface area is 94.9 Å². The molecule has 0 amide bonds. The predicted octanol–water partition coefficient (Wildman–Crippen LogP) is 2.70. The van der Waals surface area contributed by atoms with Crippen molar-refractivity contribution < 1.29 is 4.74 Å². The highest BCUT2D eigenvalue weighted by Gasteiger charge is 1.94. The predicted molar refractivity (Wildman–Crippen MR) is 64.2 cm³/mol. The monoisotopic (exact) mass is 226 g/mol. The molecule has 0 saturated carbocycles. The molecule has 0 fully saturated rings. The minimum absolute atomic E-state index is 0.244. The highest BCUT2D eigenvalue weighted by molar-refractivity contribution is 6.28. The number of nitrogens with two attached hydrogens (primary N) is 1. The Hall–Kier alpha value is -1.22. The summed E-state index contributed by atoms with van der Waals surface area (Å²) in [7, 11) is 0. The van der Waals surface area contributed by atoms with Crippen LogP contribution in [0.15, 0.2) is 29.3 Å². The van der Waals surface area contributed by atoms with Crippen LogP contribution in [-0.2, 0) is 0 Å². The summed E-state index contributed by atoms with van der Waals surface area (Å²) in [4.78, 5) is 4.11. The maximum atomic E-state index is 5.52. The normalized spacial score (nSPS) is 11.5. The van der Waals surface area contributed by atoms with E-state index in [1.165, 1.54) is 0 Å². The summed E-state index contributed by atoms with van der Waals surface area (Å²) < 4.78 is 5.44. The van der Waals surface area contributed by atoms with E-state index in [2.05, 4.69) is 11.9 Å². The molecule has 0 atom stereocenters. The Morgan fingerprint density at radius 2 is 2.07 bits per heavy atom. The number of alkyl halides is 1. The Bertz CT molecular complexity index is 322. The number of ether oxygens (including phenoxy) is 1. The van der Waals surface area contributed by atoms with Crippen LogP contribution < -0.4 is 10.5 Å². The average molecular weight is 227 g/mol. The maximum Gasteiger partial charge on any atom is 0.119 e. The molecular formula is C11H15ClN2O. The lowest BCUT2D eigenvalue weighted by Crippen LogP contribution is -2.12. The van der Waals surface area contributed by atoms with Crippen LogP contribution >= 0.6 is 11.6 Å². The van der Waals surface area contributed by atoms with Gasteiger partial charge in [-0.2, -0.15) is 0 Å². The second kappa shape index (κ2) is 6.30. The van der Waals surface area contributed by atoms with E-state index >= 15 is 0 Å². The fraction of sp³-hybridized carbons (Fsp3) is 0.364. The van der Waals surface area contributed by atoms with E-state index in [0.29, 0.717) is 5.84 Å². The quantitative estimate of drug-likeness (QED) is 0.477. The van der Waals surface area contributed by atoms with E-state index in [4.69, 9.17) is 22.1 Å². The zero-order chi connectivity index (χ0) is 11.1. The third-order valence-electron chi connectivity index (χ3n) is 1.72. The Balaban J connectivity index is 2.64. The van der Waals surface area contributed by atoms with Crippen molar-refractivity contribution >= 4 is 23.1 Å². The van der Waals surface area contributed by atoms with Gasteiger partial charge in [-0.05, 0) is 30.7 Å². The lowest BCUT2D eigenvalue weighted by Gasteiger charge is -2.04. The van der Waals surface area contributed by atoms with Crippen molar-refractivity contribution in [3.63, 3.8) is 0 Å². The molecule has 0 aliphatic rings. The fourth-order valence-electron chi connectivity index (χ4n) is 1.03. The smallest absolute Gasteiger partial charge is 0.119 e. The molecule has 1 rings (SSSR count). The molecule has 0 saturated heterocycles. The van der Waals surface area contributed by atoms with E-state index in [9.17, 15) is 0 Å². The number of nitrogens with zero attached hydrogens (tertiary/aromatic N) is 1. The van der Waals surface area contributed by atoms with E-state index in [1.807, 2.05) is 24.3 Å². The third kappa shape index (κ3) is 4.21. The van der Waals surface area contributed by atoms with Gasteiger partial charge in [-0.15, -0.1) is 11.6 Å². The van der Waals surface area contributed by atoms with Crippen molar-refractivity contribution in [1.29, 1.82) is 0 Å². The summed E-state index contributed by atoms with van der Waals surface area (Å²) in [6.07, 6.45) is 0.999. The molecule has 3 nitrogen and oxygen atoms in total. The Morgan fingerprint density at radius 3 is 2.60 bits per heavy atom. The molecule has 4 heteroatoms. The number of hydrogen-bond donors (Lipinski definition) is 1. The van der Waals surface area contributed by atoms with Crippen LogP contribution in [0.3, 0.4) is 0 Å². The SMILES string of the molecule is CCCOc1ccc(N=C(N)CCl)cc1. The molecule has 1 aromatic rings. The molecule has 0 aliphatic carbocycles. The Morgan fingerprint density at radius 1 is 1.40 bits per heavy atom. The first-order valence-corrected chi connectivity index (χ1v) is 5.41. The van der Waals surface area contributed by atoms with E-state index in [0.717, 1.165) is 24.5 Å². The summed E-state index contributed by atoms with van der Waals surface area (Å²) in [5.74, 6) is 1.51. The molecule has 0 unspecified atom stereocenters. The van der Waals surface area contributed by atoms with Gasteiger partial charge in [0.15, 0.2) is 0 Å². The van der Waals surface area contributed by atoms with Gasteiger partial charge in [-0.3, -0.25) is 0 Å². The highest BCUT2D eigenvalue weighted by Crippen LogP contribution is 2.18. The van der Waals surface area contributed by atoms with Crippen molar-refractivity contribution in [2.45, 2.75) is 13.3 Å². The van der Waals surface area contributed by atoms with Crippen LogP contribution in [0.4, 0.5) is 5.69 Å². The third-order valence-corrected chi connectivity index (χ3v) is 1.99. The topological polar surface area (TPSA) is 47.6 Å². The minimum Gasteiger partial charge on any atom is -0.494 e. The van der Waals surface area contributed by atoms with Crippen molar-refractivity contribution in [2.24, 2.45) is 10.7 Å². The molecule has 2 N–H and O–H groups in total. The van der Waals surface area contributed by atoms with Crippen LogP contribution in [0, 0.1) is 0 Å². The van der Waals surface area contributed by atoms with Crippen LogP contribution in [-0.4, -0.2) is 18.3 Å². The zero-order valence-corrected chi connectivity index (χ0v) is 9.50. The Kier molecular flexibility index (Phi) is 4.98. The van der Waals surface area contributed by atoms with Gasteiger partial charge in [0.05, 0.1) is 18.2 Å². The van der Waals surface area contributed by atoms with Gasteiger partial charge < -0.3 is 10.5 Å². The van der Waals surface area contributed by atoms with Gasteiger partial charge in [0.25, 0.3) is 0 Å². The molecule has 15 heavy (non-hydrogen) atoms. The molecular weight excluding hydrogens is 212 g/mol. The number of amidine groups is 1. The first kappa shape index (κ1) is 11.9. The minimum atomic E-state index is 0.244. The summed E-state index contributed by atoms with van der Waals surface area (Å²) in [5, 5.41) is 0. The van der Waals surface area contributed by atoms with Crippen molar-refractivity contribution in [3.8, 4) is 5.75 Å². The molecule has 82 valence electrons. The number of halogens is 1. The van der Waals surface area contributed by atoms with Gasteiger partial charge in [0.1, 0.15) is 11.6 Å². The molecule has 0 bridgehead atoms. The standard InChI is InChI=1S/C11H15ClN2O/c1-2-7-15-10-5-3-9(4-6-10)14-11(13)8-12/h3-6H,2,7-8H2,1H3,(H2,13,14). The number of benzene rings is 1. The van der Waals surface area contributed by atoms with Gasteiger partial charge >= 0.3 is 0 Å². The summed E-state index contributed by atoms with van der Waals surface area (Å²) in [5.41, 5.74) is 6.30. The van der Waals surface area contributed by atoms with Crippen LogP contribution in [0.2, 0.25) is 0 Å². The highest BCUT2D eigenvalue weighted by atomic mass is 35.5. The number of rotatable bonds is 5. The van der Waals surface area contributed by atoms with Crippen LogP contribution in [0.5, 0.6) is 5.75 Å². The average Bonchev–Trinajstić information content (AvgIpc) is 2.28. The maximum absolute atomic E-state index is 5.52. The lowest BCUT2D eigenvalue weighted by molar-refractivity contribution is 0.317. The van der Waals surface area contributed by atoms with Crippen molar-refractivity contribution in [3.05, 3.63) is 24.3 Å². The van der Waals surface area contributed by atoms with E-state index < -0.39 is 0 Å². The second-order valence-corrected chi connectivity index (χ2v) is 3.35. The first-order chi connectivity index (χ1) is 7.26. The van der Waals surface area contributed by atoms with Gasteiger partial charge in [0.2, 0.25) is 0 Å². The van der Waals surface area contributed by atoms with E-state index in [1.54, 1.807) is 0 Å². The molecule has 1 aromatic carbocycles. The summed E-state index contributed by atoms with van der Waals surface area (Å²) in [6.45, 7) is 2.80. The lowest BCUT2D eigenvalue weighted by atomic mass is 10.3. The number of aliphatic imine (C=N–C) groups is 1. The molecule has 0 spiro atoms. The second-order valence-electron chi connectivity index (χ2n) is 3.08. The number of hydrogen-bond acceptors (Lipinski definition) is 2. The first-order valence-electron chi connectivity index (χ1n) is 4.88.